The zero-order valence-corrected chi connectivity index (χ0v) is 6.18. The van der Waals surface area contributed by atoms with Crippen LogP contribution in [-0.4, -0.2) is 10.9 Å². The van der Waals surface area contributed by atoms with Crippen LogP contribution in [0.5, 0.6) is 0 Å². The number of ether oxygens (including phenoxy) is 1. The minimum Gasteiger partial charge on any atom is -0.454 e. The van der Waals surface area contributed by atoms with Gasteiger partial charge in [0, 0.05) is 6.92 Å². The van der Waals surface area contributed by atoms with Crippen LogP contribution in [0.25, 0.3) is 0 Å². The van der Waals surface area contributed by atoms with Crippen molar-refractivity contribution < 1.29 is 4.74 Å². The Bertz CT molecular complexity index is 111. The summed E-state index contributed by atoms with van der Waals surface area (Å²) in [6, 6.07) is 0. The van der Waals surface area contributed by atoms with Crippen molar-refractivity contribution in [3.8, 4) is 0 Å². The van der Waals surface area contributed by atoms with E-state index in [1.54, 1.807) is 6.92 Å². The molecule has 8 heavy (non-hydrogen) atoms. The van der Waals surface area contributed by atoms with Gasteiger partial charge in [0.1, 0.15) is 5.76 Å². The highest BCUT2D eigenvalue weighted by molar-refractivity contribution is 7.80. The molecule has 0 aromatic carbocycles. The molecule has 0 atom stereocenters. The van der Waals surface area contributed by atoms with E-state index in [1.165, 1.54) is 0 Å². The van der Waals surface area contributed by atoms with Crippen LogP contribution in [0.1, 0.15) is 6.92 Å². The van der Waals surface area contributed by atoms with Gasteiger partial charge >= 0.3 is 0 Å². The molecular formula is C5H7ClOS. The third-order valence-electron chi connectivity index (χ3n) is 0.437. The third kappa shape index (κ3) is 4.09. The van der Waals surface area contributed by atoms with Crippen molar-refractivity contribution >= 4 is 28.9 Å². The molecule has 0 aliphatic carbocycles. The lowest BCUT2D eigenvalue weighted by molar-refractivity contribution is 0.430. The molecule has 0 aliphatic heterocycles. The molecule has 0 N–H and O–H groups in total. The molecule has 0 heterocycles. The Hall–Kier alpha value is -0.0800. The zero-order valence-electron chi connectivity index (χ0n) is 4.61. The molecule has 0 amide bonds. The summed E-state index contributed by atoms with van der Waals surface area (Å²) in [6.07, 6.45) is 0. The van der Waals surface area contributed by atoms with E-state index in [1.807, 2.05) is 0 Å². The number of halogens is 1. The maximum Gasteiger partial charge on any atom is 0.163 e. The zero-order chi connectivity index (χ0) is 6.57. The first-order chi connectivity index (χ1) is 3.66. The number of thiocarbonyl (C=S) groups is 1. The monoisotopic (exact) mass is 150 g/mol. The largest absolute Gasteiger partial charge is 0.454 e. The van der Waals surface area contributed by atoms with E-state index in [0.29, 0.717) is 16.7 Å². The Kier molecular flexibility index (Phi) is 3.83. The molecule has 0 spiro atoms. The van der Waals surface area contributed by atoms with Crippen LogP contribution in [0.3, 0.4) is 0 Å². The van der Waals surface area contributed by atoms with Gasteiger partial charge < -0.3 is 4.74 Å². The van der Waals surface area contributed by atoms with Gasteiger partial charge in [-0.25, -0.2) is 0 Å². The average Bonchev–Trinajstić information content (AvgIpc) is 1.65. The van der Waals surface area contributed by atoms with Gasteiger partial charge in [0.2, 0.25) is 0 Å². The molecule has 0 saturated carbocycles. The Morgan fingerprint density at radius 1 is 1.88 bits per heavy atom. The topological polar surface area (TPSA) is 9.23 Å². The molecule has 0 unspecified atom stereocenters. The first-order valence-electron chi connectivity index (χ1n) is 2.09. The van der Waals surface area contributed by atoms with E-state index in [0.717, 1.165) is 0 Å². The van der Waals surface area contributed by atoms with E-state index in [-0.39, 0.29) is 0 Å². The van der Waals surface area contributed by atoms with Gasteiger partial charge in [0.05, 0.1) is 5.88 Å². The summed E-state index contributed by atoms with van der Waals surface area (Å²) in [4.78, 5) is 0. The summed E-state index contributed by atoms with van der Waals surface area (Å²) in [5, 5.41) is 0.454. The fraction of sp³-hybridized carbons (Fsp3) is 0.400. The molecule has 0 bridgehead atoms. The van der Waals surface area contributed by atoms with Gasteiger partial charge in [-0.1, -0.05) is 6.58 Å². The molecule has 0 aromatic heterocycles. The molecule has 1 nitrogen and oxygen atoms in total. The highest BCUT2D eigenvalue weighted by Crippen LogP contribution is 1.96. The number of allylic oxidation sites excluding steroid dienone is 1. The van der Waals surface area contributed by atoms with Crippen molar-refractivity contribution in [2.24, 2.45) is 0 Å². The second kappa shape index (κ2) is 3.87. The van der Waals surface area contributed by atoms with Crippen LogP contribution < -0.4 is 0 Å². The minimum absolute atomic E-state index is 0.300. The van der Waals surface area contributed by atoms with Crippen molar-refractivity contribution in [1.29, 1.82) is 0 Å². The summed E-state index contributed by atoms with van der Waals surface area (Å²) in [5.41, 5.74) is 0. The molecule has 46 valence electrons. The van der Waals surface area contributed by atoms with Gasteiger partial charge in [-0.3, -0.25) is 0 Å². The molecule has 0 aromatic rings. The molecule has 3 heteroatoms. The second-order valence-electron chi connectivity index (χ2n) is 1.27. The van der Waals surface area contributed by atoms with Crippen molar-refractivity contribution in [2.75, 3.05) is 5.88 Å². The highest BCUT2D eigenvalue weighted by atomic mass is 35.5. The summed E-state index contributed by atoms with van der Waals surface area (Å²) >= 11 is 9.91. The normalized spacial score (nSPS) is 8.25. The summed E-state index contributed by atoms with van der Waals surface area (Å²) in [5.74, 6) is 0.799. The molecule has 0 fully saturated rings. The van der Waals surface area contributed by atoms with Crippen LogP contribution in [0.4, 0.5) is 0 Å². The van der Waals surface area contributed by atoms with Crippen molar-refractivity contribution in [1.82, 2.24) is 0 Å². The lowest BCUT2D eigenvalue weighted by Gasteiger charge is -2.00. The van der Waals surface area contributed by atoms with Crippen molar-refractivity contribution in [3.63, 3.8) is 0 Å². The summed E-state index contributed by atoms with van der Waals surface area (Å²) < 4.78 is 4.80. The fourth-order valence-electron chi connectivity index (χ4n) is 0.231. The Morgan fingerprint density at radius 3 is 2.50 bits per heavy atom. The predicted octanol–water partition coefficient (Wildman–Crippen LogP) is 2.10. The highest BCUT2D eigenvalue weighted by Gasteiger charge is 1.90. The molecular weight excluding hydrogens is 144 g/mol. The predicted molar refractivity (Wildman–Crippen MR) is 39.2 cm³/mol. The summed E-state index contributed by atoms with van der Waals surface area (Å²) in [6.45, 7) is 5.15. The smallest absolute Gasteiger partial charge is 0.163 e. The molecule has 0 radical (unpaired) electrons. The van der Waals surface area contributed by atoms with Gasteiger partial charge in [0.15, 0.2) is 5.05 Å². The standard InChI is InChI=1S/C5H7ClOS/c1-4(3-6)7-5(2)8/h1,3H2,2H3. The number of rotatable bonds is 2. The Morgan fingerprint density at radius 2 is 2.38 bits per heavy atom. The van der Waals surface area contributed by atoms with Crippen LogP contribution in [0, 0.1) is 0 Å². The third-order valence-corrected chi connectivity index (χ3v) is 0.819. The summed E-state index contributed by atoms with van der Waals surface area (Å²) in [7, 11) is 0. The maximum absolute atomic E-state index is 5.31. The lowest BCUT2D eigenvalue weighted by Crippen LogP contribution is -1.95. The van der Waals surface area contributed by atoms with Crippen molar-refractivity contribution in [3.05, 3.63) is 12.3 Å². The van der Waals surface area contributed by atoms with Gasteiger partial charge in [-0.15, -0.1) is 11.6 Å². The van der Waals surface area contributed by atoms with Gasteiger partial charge in [-0.2, -0.15) is 0 Å². The SMILES string of the molecule is C=C(CCl)OC(C)=S. The van der Waals surface area contributed by atoms with E-state index in [2.05, 4.69) is 18.8 Å². The average molecular weight is 151 g/mol. The number of hydrogen-bond acceptors (Lipinski definition) is 2. The van der Waals surface area contributed by atoms with Crippen LogP contribution >= 0.6 is 23.8 Å². The fourth-order valence-corrected chi connectivity index (χ4v) is 0.403. The molecule has 0 rings (SSSR count). The lowest BCUT2D eigenvalue weighted by atomic mass is 10.6. The van der Waals surface area contributed by atoms with Crippen molar-refractivity contribution in [2.45, 2.75) is 6.92 Å². The maximum atomic E-state index is 5.31. The van der Waals surface area contributed by atoms with Gasteiger partial charge in [0.25, 0.3) is 0 Å². The van der Waals surface area contributed by atoms with Crippen LogP contribution in [0.2, 0.25) is 0 Å². The quantitative estimate of drug-likeness (QED) is 0.339. The first kappa shape index (κ1) is 7.92. The van der Waals surface area contributed by atoms with Crippen LogP contribution in [0.15, 0.2) is 12.3 Å². The van der Waals surface area contributed by atoms with E-state index < -0.39 is 0 Å². The number of hydrogen-bond donors (Lipinski definition) is 0. The van der Waals surface area contributed by atoms with Crippen LogP contribution in [-0.2, 0) is 4.74 Å². The van der Waals surface area contributed by atoms with E-state index in [9.17, 15) is 0 Å². The molecule has 0 aliphatic rings. The first-order valence-corrected chi connectivity index (χ1v) is 3.03. The van der Waals surface area contributed by atoms with Gasteiger partial charge in [-0.05, 0) is 12.2 Å². The number of alkyl halides is 1. The van der Waals surface area contributed by atoms with E-state index >= 15 is 0 Å². The molecule has 0 saturated heterocycles. The minimum atomic E-state index is 0.300. The Labute approximate surface area is 59.3 Å². The van der Waals surface area contributed by atoms with E-state index in [4.69, 9.17) is 16.3 Å². The Balaban J connectivity index is 3.40. The second-order valence-corrected chi connectivity index (χ2v) is 2.11.